The first-order valence-corrected chi connectivity index (χ1v) is 8.48. The van der Waals surface area contributed by atoms with E-state index < -0.39 is 0 Å². The summed E-state index contributed by atoms with van der Waals surface area (Å²) >= 11 is 0. The number of carbonyl (C=O) groups is 1. The predicted molar refractivity (Wildman–Crippen MR) is 95.6 cm³/mol. The van der Waals surface area contributed by atoms with E-state index in [1.165, 1.54) is 0 Å². The number of methoxy groups -OCH3 is 1. The van der Waals surface area contributed by atoms with Gasteiger partial charge >= 0.3 is 0 Å². The van der Waals surface area contributed by atoms with Crippen LogP contribution < -0.4 is 4.74 Å². The second kappa shape index (κ2) is 6.88. The lowest BCUT2D eigenvalue weighted by atomic mass is 10.0. The van der Waals surface area contributed by atoms with E-state index in [1.54, 1.807) is 12.0 Å². The van der Waals surface area contributed by atoms with Gasteiger partial charge in [-0.2, -0.15) is 0 Å². The van der Waals surface area contributed by atoms with E-state index in [0.717, 1.165) is 47.0 Å². The molecule has 6 heteroatoms. The molecule has 0 bridgehead atoms. The number of hydrogen-bond acceptors (Lipinski definition) is 5. The molecule has 0 aliphatic carbocycles. The van der Waals surface area contributed by atoms with Crippen molar-refractivity contribution in [3.63, 3.8) is 0 Å². The summed E-state index contributed by atoms with van der Waals surface area (Å²) in [5, 5.41) is 0. The van der Waals surface area contributed by atoms with Crippen LogP contribution >= 0.6 is 0 Å². The van der Waals surface area contributed by atoms with Crippen molar-refractivity contribution < 1.29 is 13.9 Å². The molecular formula is C19H25N3O3. The molecule has 0 spiro atoms. The Labute approximate surface area is 148 Å². The Morgan fingerprint density at radius 1 is 1.20 bits per heavy atom. The molecule has 0 saturated carbocycles. The van der Waals surface area contributed by atoms with Crippen molar-refractivity contribution in [2.24, 2.45) is 0 Å². The number of likely N-dealkylation sites (N-methyl/N-ethyl adjacent to an activating group) is 1. The standard InChI is InChI=1S/C19H25N3O3/c1-12-13(2)17(24-5)7-6-15(12)19-20-16(14(3)25-19)10-22-9-8-21(4)18(23)11-22/h6-7H,8-11H2,1-5H3. The normalized spacial score (nSPS) is 15.7. The van der Waals surface area contributed by atoms with E-state index in [1.807, 2.05) is 40.0 Å². The first-order chi connectivity index (χ1) is 11.9. The molecule has 3 rings (SSSR count). The summed E-state index contributed by atoms with van der Waals surface area (Å²) in [6.07, 6.45) is 0. The highest BCUT2D eigenvalue weighted by Gasteiger charge is 2.23. The molecule has 0 radical (unpaired) electrons. The number of oxazole rings is 1. The number of nitrogens with zero attached hydrogens (tertiary/aromatic N) is 3. The van der Waals surface area contributed by atoms with Crippen LogP contribution in [0.4, 0.5) is 0 Å². The lowest BCUT2D eigenvalue weighted by Crippen LogP contribution is -2.48. The van der Waals surface area contributed by atoms with Gasteiger partial charge in [-0.05, 0) is 44.0 Å². The number of piperazine rings is 1. The van der Waals surface area contributed by atoms with Gasteiger partial charge in [-0.25, -0.2) is 4.98 Å². The highest BCUT2D eigenvalue weighted by Crippen LogP contribution is 2.31. The van der Waals surface area contributed by atoms with Crippen molar-refractivity contribution in [1.29, 1.82) is 0 Å². The molecule has 1 aliphatic rings. The topological polar surface area (TPSA) is 58.8 Å². The highest BCUT2D eigenvalue weighted by atomic mass is 16.5. The molecule has 1 aromatic heterocycles. The van der Waals surface area contributed by atoms with Gasteiger partial charge < -0.3 is 14.1 Å². The number of hydrogen-bond donors (Lipinski definition) is 0. The summed E-state index contributed by atoms with van der Waals surface area (Å²) in [5.74, 6) is 2.43. The fraction of sp³-hybridized carbons (Fsp3) is 0.474. The number of carbonyl (C=O) groups excluding carboxylic acids is 1. The molecule has 1 aromatic carbocycles. The van der Waals surface area contributed by atoms with E-state index >= 15 is 0 Å². The zero-order valence-electron chi connectivity index (χ0n) is 15.5. The molecule has 0 unspecified atom stereocenters. The largest absolute Gasteiger partial charge is 0.496 e. The van der Waals surface area contributed by atoms with E-state index in [9.17, 15) is 4.79 Å². The molecular weight excluding hydrogens is 318 g/mol. The van der Waals surface area contributed by atoms with Crippen LogP contribution in [0.25, 0.3) is 11.5 Å². The van der Waals surface area contributed by atoms with Crippen LogP contribution in [0, 0.1) is 20.8 Å². The smallest absolute Gasteiger partial charge is 0.236 e. The predicted octanol–water partition coefficient (Wildman–Crippen LogP) is 2.55. The van der Waals surface area contributed by atoms with Crippen molar-refractivity contribution in [3.05, 3.63) is 34.7 Å². The lowest BCUT2D eigenvalue weighted by Gasteiger charge is -2.31. The SMILES string of the molecule is COc1ccc(-c2nc(CN3CCN(C)C(=O)C3)c(C)o2)c(C)c1C. The summed E-state index contributed by atoms with van der Waals surface area (Å²) < 4.78 is 11.3. The Morgan fingerprint density at radius 3 is 2.64 bits per heavy atom. The summed E-state index contributed by atoms with van der Waals surface area (Å²) in [5.41, 5.74) is 4.05. The first-order valence-electron chi connectivity index (χ1n) is 8.48. The highest BCUT2D eigenvalue weighted by molar-refractivity contribution is 5.78. The van der Waals surface area contributed by atoms with Gasteiger partial charge in [0, 0.05) is 32.2 Å². The first kappa shape index (κ1) is 17.5. The number of amides is 1. The molecule has 0 N–H and O–H groups in total. The lowest BCUT2D eigenvalue weighted by molar-refractivity contribution is -0.134. The number of rotatable bonds is 4. The third-order valence-electron chi connectivity index (χ3n) is 4.99. The van der Waals surface area contributed by atoms with E-state index in [4.69, 9.17) is 14.1 Å². The third kappa shape index (κ3) is 3.39. The average molecular weight is 343 g/mol. The third-order valence-corrected chi connectivity index (χ3v) is 4.99. The van der Waals surface area contributed by atoms with Gasteiger partial charge in [0.05, 0.1) is 19.3 Å². The number of aromatic nitrogens is 1. The Hall–Kier alpha value is -2.34. The number of aryl methyl sites for hydroxylation is 1. The van der Waals surface area contributed by atoms with Gasteiger partial charge in [0.2, 0.25) is 11.8 Å². The number of ether oxygens (including phenoxy) is 1. The maximum absolute atomic E-state index is 11.9. The zero-order valence-corrected chi connectivity index (χ0v) is 15.5. The quantitative estimate of drug-likeness (QED) is 0.854. The van der Waals surface area contributed by atoms with Crippen molar-refractivity contribution in [3.8, 4) is 17.2 Å². The van der Waals surface area contributed by atoms with Crippen molar-refractivity contribution >= 4 is 5.91 Å². The molecule has 0 atom stereocenters. The van der Waals surface area contributed by atoms with E-state index in [-0.39, 0.29) is 5.91 Å². The molecule has 134 valence electrons. The monoisotopic (exact) mass is 343 g/mol. The molecule has 1 saturated heterocycles. The maximum atomic E-state index is 11.9. The zero-order chi connectivity index (χ0) is 18.1. The molecule has 6 nitrogen and oxygen atoms in total. The van der Waals surface area contributed by atoms with Gasteiger partial charge in [-0.15, -0.1) is 0 Å². The second-order valence-electron chi connectivity index (χ2n) is 6.61. The number of benzene rings is 1. The van der Waals surface area contributed by atoms with Crippen LogP contribution in [0.5, 0.6) is 5.75 Å². The van der Waals surface area contributed by atoms with Crippen molar-refractivity contribution in [2.75, 3.05) is 33.8 Å². The van der Waals surface area contributed by atoms with Crippen LogP contribution in [-0.4, -0.2) is 54.5 Å². The van der Waals surface area contributed by atoms with Crippen LogP contribution in [0.1, 0.15) is 22.6 Å². The maximum Gasteiger partial charge on any atom is 0.236 e. The van der Waals surface area contributed by atoms with Gasteiger partial charge in [-0.3, -0.25) is 9.69 Å². The van der Waals surface area contributed by atoms with Crippen molar-refractivity contribution in [1.82, 2.24) is 14.8 Å². The molecule has 25 heavy (non-hydrogen) atoms. The van der Waals surface area contributed by atoms with Crippen LogP contribution in [0.3, 0.4) is 0 Å². The van der Waals surface area contributed by atoms with Gasteiger partial charge in [-0.1, -0.05) is 0 Å². The molecule has 1 fully saturated rings. The Kier molecular flexibility index (Phi) is 4.81. The molecule has 1 amide bonds. The van der Waals surface area contributed by atoms with Crippen molar-refractivity contribution in [2.45, 2.75) is 27.3 Å². The average Bonchev–Trinajstić information content (AvgIpc) is 2.94. The minimum absolute atomic E-state index is 0.147. The summed E-state index contributed by atoms with van der Waals surface area (Å²) in [4.78, 5) is 20.5. The van der Waals surface area contributed by atoms with Gasteiger partial charge in [0.1, 0.15) is 11.5 Å². The minimum Gasteiger partial charge on any atom is -0.496 e. The molecule has 2 heterocycles. The van der Waals surface area contributed by atoms with Crippen LogP contribution in [-0.2, 0) is 11.3 Å². The Balaban J connectivity index is 1.84. The summed E-state index contributed by atoms with van der Waals surface area (Å²) in [6, 6.07) is 3.92. The van der Waals surface area contributed by atoms with E-state index in [2.05, 4.69) is 4.90 Å². The van der Waals surface area contributed by atoms with Gasteiger partial charge in [0.25, 0.3) is 0 Å². The van der Waals surface area contributed by atoms with E-state index in [0.29, 0.717) is 19.0 Å². The molecule has 2 aromatic rings. The minimum atomic E-state index is 0.147. The summed E-state index contributed by atoms with van der Waals surface area (Å²) in [7, 11) is 3.51. The van der Waals surface area contributed by atoms with Gasteiger partial charge in [0.15, 0.2) is 0 Å². The van der Waals surface area contributed by atoms with Crippen LogP contribution in [0.2, 0.25) is 0 Å². The fourth-order valence-corrected chi connectivity index (χ4v) is 3.09. The molecule has 1 aliphatic heterocycles. The second-order valence-corrected chi connectivity index (χ2v) is 6.61. The van der Waals surface area contributed by atoms with Crippen LogP contribution in [0.15, 0.2) is 16.5 Å². The fourth-order valence-electron chi connectivity index (χ4n) is 3.09. The Bertz CT molecular complexity index is 797. The summed E-state index contributed by atoms with van der Waals surface area (Å²) in [6.45, 7) is 8.66. The Morgan fingerprint density at radius 2 is 1.96 bits per heavy atom.